The molecule has 2 aromatic carbocycles. The molecule has 3 aromatic rings. The third kappa shape index (κ3) is 5.17. The van der Waals surface area contributed by atoms with E-state index in [1.807, 2.05) is 42.5 Å². The van der Waals surface area contributed by atoms with Crippen molar-refractivity contribution in [2.45, 2.75) is 32.7 Å². The highest BCUT2D eigenvalue weighted by atomic mass is 16.1. The van der Waals surface area contributed by atoms with Gasteiger partial charge in [-0.05, 0) is 40.8 Å². The van der Waals surface area contributed by atoms with Crippen LogP contribution in [0, 0.1) is 0 Å². The second-order valence-corrected chi connectivity index (χ2v) is 7.55. The molecule has 4 nitrogen and oxygen atoms in total. The van der Waals surface area contributed by atoms with Crippen LogP contribution in [0.4, 0.5) is 11.5 Å². The van der Waals surface area contributed by atoms with Gasteiger partial charge in [0.25, 0.3) is 5.91 Å². The molecule has 1 heterocycles. The molecule has 1 amide bonds. The summed E-state index contributed by atoms with van der Waals surface area (Å²) in [6, 6.07) is 21.6. The first-order valence-corrected chi connectivity index (χ1v) is 9.07. The number of hydrogen-bond donors (Lipinski definition) is 2. The molecule has 0 spiro atoms. The van der Waals surface area contributed by atoms with Gasteiger partial charge in [-0.1, -0.05) is 63.2 Å². The van der Waals surface area contributed by atoms with Crippen LogP contribution in [0.2, 0.25) is 0 Å². The van der Waals surface area contributed by atoms with E-state index in [4.69, 9.17) is 0 Å². The molecule has 3 rings (SSSR count). The molecular formula is C23H25N3O. The summed E-state index contributed by atoms with van der Waals surface area (Å²) in [7, 11) is 0. The number of carbonyl (C=O) groups excluding carboxylic acids is 1. The zero-order valence-electron chi connectivity index (χ0n) is 16.0. The van der Waals surface area contributed by atoms with Gasteiger partial charge in [0.05, 0.1) is 0 Å². The molecular weight excluding hydrogens is 334 g/mol. The summed E-state index contributed by atoms with van der Waals surface area (Å²) in [4.78, 5) is 16.7. The Morgan fingerprint density at radius 3 is 2.33 bits per heavy atom. The van der Waals surface area contributed by atoms with Gasteiger partial charge in [-0.2, -0.15) is 0 Å². The topological polar surface area (TPSA) is 54.0 Å². The third-order valence-corrected chi connectivity index (χ3v) is 4.34. The van der Waals surface area contributed by atoms with Gasteiger partial charge in [-0.15, -0.1) is 0 Å². The van der Waals surface area contributed by atoms with Gasteiger partial charge < -0.3 is 10.6 Å². The van der Waals surface area contributed by atoms with Crippen molar-refractivity contribution in [3.8, 4) is 0 Å². The molecule has 138 valence electrons. The Morgan fingerprint density at radius 1 is 0.963 bits per heavy atom. The molecule has 0 saturated heterocycles. The molecule has 27 heavy (non-hydrogen) atoms. The van der Waals surface area contributed by atoms with Crippen molar-refractivity contribution in [2.75, 3.05) is 5.32 Å². The molecule has 0 aliphatic carbocycles. The van der Waals surface area contributed by atoms with Crippen molar-refractivity contribution in [1.29, 1.82) is 0 Å². The lowest BCUT2D eigenvalue weighted by atomic mass is 9.87. The minimum absolute atomic E-state index is 0.118. The van der Waals surface area contributed by atoms with Crippen LogP contribution in [0.25, 0.3) is 0 Å². The molecule has 0 radical (unpaired) electrons. The average molecular weight is 359 g/mol. The zero-order valence-corrected chi connectivity index (χ0v) is 16.0. The lowest BCUT2D eigenvalue weighted by Gasteiger charge is -2.19. The summed E-state index contributed by atoms with van der Waals surface area (Å²) < 4.78 is 0. The fraction of sp³-hybridized carbons (Fsp3) is 0.217. The lowest BCUT2D eigenvalue weighted by Crippen LogP contribution is -2.22. The van der Waals surface area contributed by atoms with Crippen LogP contribution < -0.4 is 10.6 Å². The van der Waals surface area contributed by atoms with Crippen molar-refractivity contribution in [1.82, 2.24) is 10.3 Å². The van der Waals surface area contributed by atoms with Gasteiger partial charge in [0.2, 0.25) is 0 Å². The van der Waals surface area contributed by atoms with Crippen molar-refractivity contribution in [3.05, 3.63) is 89.6 Å². The maximum absolute atomic E-state index is 12.4. The maximum Gasteiger partial charge on any atom is 0.251 e. The van der Waals surface area contributed by atoms with Crippen LogP contribution in [0.1, 0.15) is 42.3 Å². The second-order valence-electron chi connectivity index (χ2n) is 7.55. The third-order valence-electron chi connectivity index (χ3n) is 4.34. The van der Waals surface area contributed by atoms with E-state index in [-0.39, 0.29) is 11.3 Å². The fourth-order valence-corrected chi connectivity index (χ4v) is 2.72. The Hall–Kier alpha value is -3.14. The van der Waals surface area contributed by atoms with Crippen LogP contribution in [-0.4, -0.2) is 10.9 Å². The molecule has 0 bridgehead atoms. The molecule has 0 aliphatic heterocycles. The first-order chi connectivity index (χ1) is 12.9. The Balaban J connectivity index is 1.65. The van der Waals surface area contributed by atoms with Gasteiger partial charge in [-0.3, -0.25) is 4.79 Å². The summed E-state index contributed by atoms with van der Waals surface area (Å²) >= 11 is 0. The number of benzene rings is 2. The van der Waals surface area contributed by atoms with Crippen LogP contribution in [-0.2, 0) is 12.0 Å². The Bertz CT molecular complexity index is 897. The predicted octanol–water partition coefficient (Wildman–Crippen LogP) is 5.05. The average Bonchev–Trinajstić information content (AvgIpc) is 2.67. The van der Waals surface area contributed by atoms with E-state index in [0.717, 1.165) is 11.3 Å². The number of carbonyl (C=O) groups is 1. The number of hydrogen-bond acceptors (Lipinski definition) is 3. The summed E-state index contributed by atoms with van der Waals surface area (Å²) in [5, 5.41) is 6.20. The number of aromatic nitrogens is 1. The standard InChI is InChI=1S/C23H25N3O/c1-23(2,3)19-9-11-20(12-10-19)26-21-15-18(13-14-24-21)22(27)25-16-17-7-5-4-6-8-17/h4-15H,16H2,1-3H3,(H,24,26)(H,25,27). The van der Waals surface area contributed by atoms with Crippen molar-refractivity contribution in [3.63, 3.8) is 0 Å². The summed E-state index contributed by atoms with van der Waals surface area (Å²) in [5.74, 6) is 0.526. The van der Waals surface area contributed by atoms with E-state index in [2.05, 4.69) is 48.5 Å². The van der Waals surface area contributed by atoms with Crippen LogP contribution in [0.5, 0.6) is 0 Å². The molecule has 0 fully saturated rings. The Labute approximate surface area is 160 Å². The number of nitrogens with one attached hydrogen (secondary N) is 2. The number of nitrogens with zero attached hydrogens (tertiary/aromatic N) is 1. The molecule has 0 aliphatic rings. The quantitative estimate of drug-likeness (QED) is 0.670. The second kappa shape index (κ2) is 8.04. The molecule has 2 N–H and O–H groups in total. The van der Waals surface area contributed by atoms with E-state index in [1.54, 1.807) is 18.3 Å². The van der Waals surface area contributed by atoms with Gasteiger partial charge in [-0.25, -0.2) is 4.98 Å². The first-order valence-electron chi connectivity index (χ1n) is 9.07. The molecule has 0 saturated carbocycles. The van der Waals surface area contributed by atoms with E-state index in [1.165, 1.54) is 5.56 Å². The summed E-state index contributed by atoms with van der Waals surface area (Å²) in [6.45, 7) is 7.07. The minimum Gasteiger partial charge on any atom is -0.348 e. The van der Waals surface area contributed by atoms with Crippen LogP contribution in [0.3, 0.4) is 0 Å². The highest BCUT2D eigenvalue weighted by Crippen LogP contribution is 2.24. The van der Waals surface area contributed by atoms with E-state index < -0.39 is 0 Å². The van der Waals surface area contributed by atoms with Crippen LogP contribution >= 0.6 is 0 Å². The fourth-order valence-electron chi connectivity index (χ4n) is 2.72. The van der Waals surface area contributed by atoms with E-state index >= 15 is 0 Å². The summed E-state index contributed by atoms with van der Waals surface area (Å²) in [6.07, 6.45) is 1.64. The molecule has 1 aromatic heterocycles. The van der Waals surface area contributed by atoms with Crippen molar-refractivity contribution < 1.29 is 4.79 Å². The highest BCUT2D eigenvalue weighted by molar-refractivity contribution is 5.94. The van der Waals surface area contributed by atoms with Gasteiger partial charge >= 0.3 is 0 Å². The predicted molar refractivity (Wildman–Crippen MR) is 110 cm³/mol. The minimum atomic E-state index is -0.118. The van der Waals surface area contributed by atoms with Gasteiger partial charge in [0.1, 0.15) is 5.82 Å². The summed E-state index contributed by atoms with van der Waals surface area (Å²) in [5.41, 5.74) is 3.98. The molecule has 4 heteroatoms. The smallest absolute Gasteiger partial charge is 0.251 e. The highest BCUT2D eigenvalue weighted by Gasteiger charge is 2.13. The van der Waals surface area contributed by atoms with E-state index in [0.29, 0.717) is 17.9 Å². The Kier molecular flexibility index (Phi) is 5.55. The number of anilines is 2. The largest absolute Gasteiger partial charge is 0.348 e. The SMILES string of the molecule is CC(C)(C)c1ccc(Nc2cc(C(=O)NCc3ccccc3)ccn2)cc1. The lowest BCUT2D eigenvalue weighted by molar-refractivity contribution is 0.0951. The zero-order chi connectivity index (χ0) is 19.3. The monoisotopic (exact) mass is 359 g/mol. The van der Waals surface area contributed by atoms with E-state index in [9.17, 15) is 4.79 Å². The number of rotatable bonds is 5. The first kappa shape index (κ1) is 18.6. The molecule has 0 atom stereocenters. The molecule has 0 unspecified atom stereocenters. The normalized spacial score (nSPS) is 11.1. The maximum atomic E-state index is 12.4. The van der Waals surface area contributed by atoms with Crippen molar-refractivity contribution in [2.24, 2.45) is 0 Å². The number of amides is 1. The van der Waals surface area contributed by atoms with Crippen molar-refractivity contribution >= 4 is 17.4 Å². The number of pyridine rings is 1. The van der Waals surface area contributed by atoms with Crippen LogP contribution in [0.15, 0.2) is 72.9 Å². The van der Waals surface area contributed by atoms with Gasteiger partial charge in [0, 0.05) is 24.0 Å². The van der Waals surface area contributed by atoms with Gasteiger partial charge in [0.15, 0.2) is 0 Å². The Morgan fingerprint density at radius 2 is 1.67 bits per heavy atom.